The number of benzene rings is 1. The molecule has 1 aliphatic rings. The Kier molecular flexibility index (Phi) is 3.73. The van der Waals surface area contributed by atoms with E-state index in [4.69, 9.17) is 5.73 Å². The van der Waals surface area contributed by atoms with Gasteiger partial charge in [-0.3, -0.25) is 4.98 Å². The number of anilines is 1. The zero-order valence-corrected chi connectivity index (χ0v) is 11.7. The summed E-state index contributed by atoms with van der Waals surface area (Å²) >= 11 is 0. The Morgan fingerprint density at radius 1 is 1.14 bits per heavy atom. The van der Waals surface area contributed by atoms with E-state index in [-0.39, 0.29) is 5.75 Å². The monoisotopic (exact) mass is 287 g/mol. The first kappa shape index (κ1) is 13.8. The minimum atomic E-state index is -0.554. The van der Waals surface area contributed by atoms with E-state index in [9.17, 15) is 9.50 Å². The molecule has 5 heteroatoms. The van der Waals surface area contributed by atoms with Gasteiger partial charge in [-0.2, -0.15) is 0 Å². The molecule has 21 heavy (non-hydrogen) atoms. The summed E-state index contributed by atoms with van der Waals surface area (Å²) in [6.45, 7) is 0. The number of aromatic nitrogens is 2. The van der Waals surface area contributed by atoms with Crippen molar-refractivity contribution in [1.82, 2.24) is 9.97 Å². The largest absolute Gasteiger partial charge is 0.505 e. The Morgan fingerprint density at radius 3 is 2.67 bits per heavy atom. The molecule has 1 heterocycles. The molecule has 0 radical (unpaired) electrons. The molecule has 4 nitrogen and oxygen atoms in total. The Bertz CT molecular complexity index is 630. The van der Waals surface area contributed by atoms with Gasteiger partial charge >= 0.3 is 0 Å². The number of nitrogens with zero attached hydrogens (tertiary/aromatic N) is 2. The molecule has 0 spiro atoms. The molecule has 1 aromatic carbocycles. The summed E-state index contributed by atoms with van der Waals surface area (Å²) in [4.78, 5) is 8.46. The first-order valence-corrected chi connectivity index (χ1v) is 7.19. The molecule has 0 amide bonds. The predicted octanol–water partition coefficient (Wildman–Crippen LogP) is 3.34. The second-order valence-corrected chi connectivity index (χ2v) is 5.64. The summed E-state index contributed by atoms with van der Waals surface area (Å²) in [5.41, 5.74) is 7.46. The van der Waals surface area contributed by atoms with Crippen molar-refractivity contribution in [2.24, 2.45) is 0 Å². The van der Waals surface area contributed by atoms with Gasteiger partial charge in [0.15, 0.2) is 11.6 Å². The maximum absolute atomic E-state index is 13.5. The zero-order chi connectivity index (χ0) is 14.8. The van der Waals surface area contributed by atoms with E-state index in [1.165, 1.54) is 12.1 Å². The van der Waals surface area contributed by atoms with Crippen LogP contribution in [-0.4, -0.2) is 15.1 Å². The number of hydrogen-bond donors (Lipinski definition) is 2. The molecule has 3 N–H and O–H groups in total. The van der Waals surface area contributed by atoms with E-state index in [2.05, 4.69) is 9.97 Å². The number of nitrogen functional groups attached to an aromatic ring is 1. The van der Waals surface area contributed by atoms with Crippen molar-refractivity contribution in [3.8, 4) is 5.75 Å². The van der Waals surface area contributed by atoms with Gasteiger partial charge in [-0.1, -0.05) is 12.5 Å². The highest BCUT2D eigenvalue weighted by Crippen LogP contribution is 2.41. The lowest BCUT2D eigenvalue weighted by Gasteiger charge is -2.29. The second kappa shape index (κ2) is 5.68. The third kappa shape index (κ3) is 2.96. The van der Waals surface area contributed by atoms with Crippen LogP contribution in [0.25, 0.3) is 0 Å². The van der Waals surface area contributed by atoms with Gasteiger partial charge in [0.2, 0.25) is 0 Å². The van der Waals surface area contributed by atoms with E-state index >= 15 is 0 Å². The van der Waals surface area contributed by atoms with Crippen LogP contribution in [0.5, 0.6) is 5.75 Å². The lowest BCUT2D eigenvalue weighted by molar-refractivity contribution is 0.385. The van der Waals surface area contributed by atoms with E-state index in [1.807, 2.05) is 0 Å². The van der Waals surface area contributed by atoms with Crippen LogP contribution in [-0.2, 0) is 0 Å². The predicted molar refractivity (Wildman–Crippen MR) is 78.5 cm³/mol. The Labute approximate surface area is 122 Å². The minimum Gasteiger partial charge on any atom is -0.505 e. The van der Waals surface area contributed by atoms with Crippen molar-refractivity contribution in [2.75, 3.05) is 5.73 Å². The van der Waals surface area contributed by atoms with Gasteiger partial charge in [0.1, 0.15) is 5.82 Å². The fraction of sp³-hybridized carbons (Fsp3) is 0.375. The van der Waals surface area contributed by atoms with Crippen molar-refractivity contribution in [2.45, 2.75) is 37.5 Å². The molecule has 1 aliphatic carbocycles. The van der Waals surface area contributed by atoms with Crippen LogP contribution in [0.2, 0.25) is 0 Å². The van der Waals surface area contributed by atoms with Gasteiger partial charge in [0.05, 0.1) is 18.1 Å². The summed E-state index contributed by atoms with van der Waals surface area (Å²) < 4.78 is 13.5. The van der Waals surface area contributed by atoms with E-state index in [1.54, 1.807) is 18.5 Å². The van der Waals surface area contributed by atoms with Crippen LogP contribution in [0.1, 0.15) is 48.8 Å². The number of rotatable bonds is 2. The molecular weight excluding hydrogens is 269 g/mol. The molecule has 0 bridgehead atoms. The van der Waals surface area contributed by atoms with Gasteiger partial charge < -0.3 is 10.8 Å². The summed E-state index contributed by atoms with van der Waals surface area (Å²) in [6.07, 6.45) is 7.41. The highest BCUT2D eigenvalue weighted by molar-refractivity contribution is 5.31. The summed E-state index contributed by atoms with van der Waals surface area (Å²) in [5, 5.41) is 9.29. The lowest BCUT2D eigenvalue weighted by Crippen LogP contribution is -2.14. The third-order valence-electron chi connectivity index (χ3n) is 4.23. The van der Waals surface area contributed by atoms with Gasteiger partial charge in [0.25, 0.3) is 0 Å². The normalized spacial score (nSPS) is 22.1. The van der Waals surface area contributed by atoms with Crippen LogP contribution >= 0.6 is 0 Å². The molecule has 1 aromatic heterocycles. The van der Waals surface area contributed by atoms with Gasteiger partial charge in [0, 0.05) is 5.92 Å². The average molecular weight is 287 g/mol. The van der Waals surface area contributed by atoms with Crippen LogP contribution in [0.3, 0.4) is 0 Å². The molecule has 2 unspecified atom stereocenters. The summed E-state index contributed by atoms with van der Waals surface area (Å²) in [5.74, 6) is 0.191. The summed E-state index contributed by atoms with van der Waals surface area (Å²) in [6, 6.07) is 4.68. The molecular formula is C16H18FN3O. The first-order chi connectivity index (χ1) is 10.1. The number of phenolic OH excluding ortho intramolecular Hbond substituents is 1. The Balaban J connectivity index is 1.79. The highest BCUT2D eigenvalue weighted by Gasteiger charge is 2.26. The number of nitrogens with two attached hydrogens (primary N) is 1. The maximum atomic E-state index is 13.5. The minimum absolute atomic E-state index is 0.290. The topological polar surface area (TPSA) is 72.0 Å². The fourth-order valence-corrected chi connectivity index (χ4v) is 3.10. The molecule has 1 fully saturated rings. The quantitative estimate of drug-likeness (QED) is 0.888. The van der Waals surface area contributed by atoms with Crippen LogP contribution in [0, 0.1) is 5.82 Å². The van der Waals surface area contributed by atoms with E-state index in [0.717, 1.165) is 36.9 Å². The highest BCUT2D eigenvalue weighted by atomic mass is 19.1. The standard InChI is InChI=1S/C16H18FN3O/c17-13-7-11(4-5-15(13)21)10-2-1-3-12(6-10)14-8-20-16(18)9-19-14/h4-5,7-10,12,21H,1-3,6H2,(H2,18,20). The number of halogens is 1. The van der Waals surface area contributed by atoms with Crippen LogP contribution in [0.4, 0.5) is 10.2 Å². The van der Waals surface area contributed by atoms with Gasteiger partial charge in [-0.15, -0.1) is 0 Å². The molecule has 1 saturated carbocycles. The van der Waals surface area contributed by atoms with Crippen molar-refractivity contribution in [1.29, 1.82) is 0 Å². The zero-order valence-electron chi connectivity index (χ0n) is 11.7. The van der Waals surface area contributed by atoms with E-state index < -0.39 is 5.82 Å². The fourth-order valence-electron chi connectivity index (χ4n) is 3.10. The van der Waals surface area contributed by atoms with Crippen molar-refractivity contribution >= 4 is 5.82 Å². The van der Waals surface area contributed by atoms with Crippen molar-refractivity contribution in [3.63, 3.8) is 0 Å². The second-order valence-electron chi connectivity index (χ2n) is 5.64. The van der Waals surface area contributed by atoms with Crippen LogP contribution < -0.4 is 5.73 Å². The van der Waals surface area contributed by atoms with Crippen LogP contribution in [0.15, 0.2) is 30.6 Å². The molecule has 3 rings (SSSR count). The molecule has 2 atom stereocenters. The Hall–Kier alpha value is -2.17. The van der Waals surface area contributed by atoms with E-state index in [0.29, 0.717) is 17.7 Å². The molecule has 0 saturated heterocycles. The number of phenols is 1. The number of hydrogen-bond acceptors (Lipinski definition) is 4. The number of aromatic hydroxyl groups is 1. The molecule has 2 aromatic rings. The average Bonchev–Trinajstić information content (AvgIpc) is 2.51. The lowest BCUT2D eigenvalue weighted by atomic mass is 9.77. The van der Waals surface area contributed by atoms with Crippen molar-refractivity contribution < 1.29 is 9.50 Å². The molecule has 0 aliphatic heterocycles. The smallest absolute Gasteiger partial charge is 0.165 e. The maximum Gasteiger partial charge on any atom is 0.165 e. The SMILES string of the molecule is Nc1cnc(C2CCCC(c3ccc(O)c(F)c3)C2)cn1. The van der Waals surface area contributed by atoms with Gasteiger partial charge in [-0.25, -0.2) is 9.37 Å². The summed E-state index contributed by atoms with van der Waals surface area (Å²) in [7, 11) is 0. The van der Waals surface area contributed by atoms with Crippen molar-refractivity contribution in [3.05, 3.63) is 47.7 Å². The third-order valence-corrected chi connectivity index (χ3v) is 4.23. The van der Waals surface area contributed by atoms with Gasteiger partial charge in [-0.05, 0) is 42.9 Å². The Morgan fingerprint density at radius 2 is 1.95 bits per heavy atom. The first-order valence-electron chi connectivity index (χ1n) is 7.19. The molecule has 110 valence electrons.